The number of aromatic amines is 1. The molecule has 1 aromatic heterocycles. The van der Waals surface area contributed by atoms with Gasteiger partial charge in [-0.3, -0.25) is 0 Å². The Bertz CT molecular complexity index is 621. The summed E-state index contributed by atoms with van der Waals surface area (Å²) in [5.74, 6) is 0.844. The molecule has 0 saturated carbocycles. The number of rotatable bonds is 1. The van der Waals surface area contributed by atoms with E-state index in [1.807, 2.05) is 18.2 Å². The van der Waals surface area contributed by atoms with Crippen molar-refractivity contribution in [2.45, 2.75) is 33.1 Å². The van der Waals surface area contributed by atoms with Crippen LogP contribution in [0.5, 0.6) is 0 Å². The minimum atomic E-state index is 0.0368. The number of nitrogens with one attached hydrogen (secondary N) is 1. The Balaban J connectivity index is 2.59. The first-order valence-corrected chi connectivity index (χ1v) is 6.46. The van der Waals surface area contributed by atoms with Crippen molar-refractivity contribution in [2.24, 2.45) is 0 Å². The molecule has 2 rings (SSSR count). The first kappa shape index (κ1) is 13.0. The summed E-state index contributed by atoms with van der Waals surface area (Å²) < 4.78 is 0.634. The van der Waals surface area contributed by atoms with Crippen molar-refractivity contribution < 1.29 is 0 Å². The predicted octanol–water partition coefficient (Wildman–Crippen LogP) is 4.41. The van der Waals surface area contributed by atoms with E-state index >= 15 is 0 Å². The third-order valence-corrected chi connectivity index (χ3v) is 3.05. The maximum Gasteiger partial charge on any atom is 0.139 e. The summed E-state index contributed by atoms with van der Waals surface area (Å²) in [7, 11) is 0. The van der Waals surface area contributed by atoms with E-state index in [-0.39, 0.29) is 5.41 Å². The van der Waals surface area contributed by atoms with Crippen LogP contribution in [-0.2, 0) is 5.41 Å². The molecule has 0 spiro atoms. The zero-order valence-corrected chi connectivity index (χ0v) is 12.1. The summed E-state index contributed by atoms with van der Waals surface area (Å²) in [6, 6.07) is 10.2. The number of H-pyrrole nitrogens is 1. The molecule has 0 aliphatic carbocycles. The van der Waals surface area contributed by atoms with Crippen LogP contribution in [0.1, 0.15) is 32.0 Å². The molecule has 94 valence electrons. The van der Waals surface area contributed by atoms with Gasteiger partial charge in [0, 0.05) is 16.7 Å². The monoisotopic (exact) mass is 258 g/mol. The molecule has 0 amide bonds. The Morgan fingerprint density at radius 2 is 1.89 bits per heavy atom. The third-order valence-electron chi connectivity index (χ3n) is 2.84. The molecule has 0 atom stereocenters. The van der Waals surface area contributed by atoms with Crippen LogP contribution < -0.4 is 0 Å². The smallest absolute Gasteiger partial charge is 0.139 e. The van der Waals surface area contributed by atoms with Crippen molar-refractivity contribution in [2.75, 3.05) is 0 Å². The second kappa shape index (κ2) is 4.65. The first-order valence-electron chi connectivity index (χ1n) is 6.05. The Hall–Kier alpha value is -1.48. The maximum atomic E-state index is 5.26. The van der Waals surface area contributed by atoms with Gasteiger partial charge in [0.15, 0.2) is 0 Å². The van der Waals surface area contributed by atoms with Gasteiger partial charge >= 0.3 is 0 Å². The van der Waals surface area contributed by atoms with Crippen LogP contribution in [0, 0.1) is 11.6 Å². The van der Waals surface area contributed by atoms with Crippen LogP contribution in [0.2, 0.25) is 0 Å². The number of benzene rings is 1. The quantitative estimate of drug-likeness (QED) is 0.767. The number of aryl methyl sites for hydroxylation is 1. The summed E-state index contributed by atoms with van der Waals surface area (Å²) >= 11 is 5.26. The number of aromatic nitrogens is 2. The second-order valence-corrected chi connectivity index (χ2v) is 6.02. The van der Waals surface area contributed by atoms with Crippen LogP contribution in [0.15, 0.2) is 30.3 Å². The lowest BCUT2D eigenvalue weighted by Crippen LogP contribution is -2.14. The lowest BCUT2D eigenvalue weighted by molar-refractivity contribution is 0.567. The largest absolute Gasteiger partial charge is 0.343 e. The first-order chi connectivity index (χ1) is 8.36. The van der Waals surface area contributed by atoms with E-state index in [0.717, 1.165) is 17.1 Å². The van der Waals surface area contributed by atoms with Gasteiger partial charge in [-0.15, -0.1) is 0 Å². The zero-order chi connectivity index (χ0) is 13.3. The summed E-state index contributed by atoms with van der Waals surface area (Å²) in [5, 5.41) is 0. The van der Waals surface area contributed by atoms with Gasteiger partial charge in [0.25, 0.3) is 0 Å². The van der Waals surface area contributed by atoms with Gasteiger partial charge in [0.2, 0.25) is 0 Å². The summed E-state index contributed by atoms with van der Waals surface area (Å²) in [5.41, 5.74) is 3.44. The topological polar surface area (TPSA) is 28.7 Å². The van der Waals surface area contributed by atoms with Crippen molar-refractivity contribution in [1.82, 2.24) is 9.97 Å². The van der Waals surface area contributed by atoms with E-state index in [2.05, 4.69) is 49.8 Å². The Kier molecular flexibility index (Phi) is 3.35. The van der Waals surface area contributed by atoms with Crippen LogP contribution in [0.4, 0.5) is 0 Å². The number of hydrogen-bond donors (Lipinski definition) is 1. The Morgan fingerprint density at radius 1 is 1.17 bits per heavy atom. The molecule has 2 nitrogen and oxygen atoms in total. The van der Waals surface area contributed by atoms with E-state index in [4.69, 9.17) is 12.2 Å². The van der Waals surface area contributed by atoms with Crippen molar-refractivity contribution in [3.8, 4) is 11.4 Å². The molecule has 0 saturated heterocycles. The van der Waals surface area contributed by atoms with Gasteiger partial charge in [-0.2, -0.15) is 0 Å². The normalized spacial score (nSPS) is 11.6. The highest BCUT2D eigenvalue weighted by Gasteiger charge is 2.15. The van der Waals surface area contributed by atoms with Gasteiger partial charge in [-0.25, -0.2) is 4.98 Å². The lowest BCUT2D eigenvalue weighted by Gasteiger charge is -2.19. The average molecular weight is 258 g/mol. The minimum Gasteiger partial charge on any atom is -0.343 e. The lowest BCUT2D eigenvalue weighted by atomic mass is 9.92. The van der Waals surface area contributed by atoms with Gasteiger partial charge in [-0.1, -0.05) is 56.8 Å². The fraction of sp³-hybridized carbons (Fsp3) is 0.333. The van der Waals surface area contributed by atoms with E-state index in [1.165, 1.54) is 5.56 Å². The van der Waals surface area contributed by atoms with Crippen molar-refractivity contribution >= 4 is 12.2 Å². The van der Waals surface area contributed by atoms with Crippen molar-refractivity contribution in [1.29, 1.82) is 0 Å². The SMILES string of the molecule is Cc1cccc(-c2nc(=S)cc(C(C)(C)C)[nH]2)c1. The standard InChI is InChI=1S/C15H18N2S/c1-10-6-5-7-11(8-10)14-16-12(15(2,3)4)9-13(18)17-14/h5-9H,1-4H3,(H,16,17,18). The summed E-state index contributed by atoms with van der Waals surface area (Å²) in [6.07, 6.45) is 0. The molecule has 0 aliphatic rings. The Morgan fingerprint density at radius 3 is 2.50 bits per heavy atom. The Labute approximate surface area is 113 Å². The molecule has 3 heteroatoms. The molecule has 0 unspecified atom stereocenters. The summed E-state index contributed by atoms with van der Waals surface area (Å²) in [4.78, 5) is 7.81. The number of nitrogens with zero attached hydrogens (tertiary/aromatic N) is 1. The predicted molar refractivity (Wildman–Crippen MR) is 78.3 cm³/mol. The molecular weight excluding hydrogens is 240 g/mol. The zero-order valence-electron chi connectivity index (χ0n) is 11.2. The fourth-order valence-corrected chi connectivity index (χ4v) is 2.00. The van der Waals surface area contributed by atoms with E-state index in [1.54, 1.807) is 0 Å². The molecule has 0 aliphatic heterocycles. The third kappa shape index (κ3) is 2.85. The molecule has 1 N–H and O–H groups in total. The average Bonchev–Trinajstić information content (AvgIpc) is 2.27. The maximum absolute atomic E-state index is 5.26. The molecule has 1 aromatic carbocycles. The highest BCUT2D eigenvalue weighted by Crippen LogP contribution is 2.23. The van der Waals surface area contributed by atoms with Gasteiger partial charge in [0.1, 0.15) is 10.5 Å². The van der Waals surface area contributed by atoms with Gasteiger partial charge in [0.05, 0.1) is 0 Å². The van der Waals surface area contributed by atoms with E-state index in [0.29, 0.717) is 4.64 Å². The van der Waals surface area contributed by atoms with Crippen molar-refractivity contribution in [3.05, 3.63) is 46.2 Å². The molecule has 18 heavy (non-hydrogen) atoms. The molecule has 0 radical (unpaired) electrons. The summed E-state index contributed by atoms with van der Waals surface area (Å²) in [6.45, 7) is 8.56. The molecule has 0 fully saturated rings. The second-order valence-electron chi connectivity index (χ2n) is 5.60. The molecular formula is C15H18N2S. The molecule has 2 aromatic rings. The van der Waals surface area contributed by atoms with Crippen LogP contribution >= 0.6 is 12.2 Å². The van der Waals surface area contributed by atoms with Gasteiger partial charge < -0.3 is 4.98 Å². The van der Waals surface area contributed by atoms with Crippen LogP contribution in [0.25, 0.3) is 11.4 Å². The molecule has 1 heterocycles. The van der Waals surface area contributed by atoms with E-state index in [9.17, 15) is 0 Å². The minimum absolute atomic E-state index is 0.0368. The van der Waals surface area contributed by atoms with Gasteiger partial charge in [-0.05, 0) is 19.1 Å². The molecule has 0 bridgehead atoms. The fourth-order valence-electron chi connectivity index (χ4n) is 1.79. The highest BCUT2D eigenvalue weighted by molar-refractivity contribution is 7.71. The van der Waals surface area contributed by atoms with E-state index < -0.39 is 0 Å². The highest BCUT2D eigenvalue weighted by atomic mass is 32.1. The van der Waals surface area contributed by atoms with Crippen LogP contribution in [-0.4, -0.2) is 9.97 Å². The number of hydrogen-bond acceptors (Lipinski definition) is 2. The van der Waals surface area contributed by atoms with Crippen molar-refractivity contribution in [3.63, 3.8) is 0 Å². The van der Waals surface area contributed by atoms with Crippen LogP contribution in [0.3, 0.4) is 0 Å².